The van der Waals surface area contributed by atoms with Gasteiger partial charge in [0.2, 0.25) is 5.91 Å². The monoisotopic (exact) mass is 316 g/mol. The van der Waals surface area contributed by atoms with Gasteiger partial charge in [0.1, 0.15) is 6.33 Å². The molecule has 2 aromatic rings. The first kappa shape index (κ1) is 15.1. The molecule has 0 N–H and O–H groups in total. The highest BCUT2D eigenvalue weighted by Crippen LogP contribution is 2.37. The number of hydrogen-bond acceptors (Lipinski definition) is 4. The van der Waals surface area contributed by atoms with Gasteiger partial charge in [-0.1, -0.05) is 18.2 Å². The summed E-state index contributed by atoms with van der Waals surface area (Å²) in [5.41, 5.74) is 1.27. The first-order valence-corrected chi connectivity index (χ1v) is 8.32. The zero-order valence-electron chi connectivity index (χ0n) is 13.1. The second-order valence-corrected chi connectivity index (χ2v) is 7.11. The largest absolute Gasteiger partial charge is 0.337 e. The van der Waals surface area contributed by atoms with Gasteiger partial charge in [-0.3, -0.25) is 4.79 Å². The van der Waals surface area contributed by atoms with Crippen LogP contribution < -0.4 is 0 Å². The van der Waals surface area contributed by atoms with E-state index >= 15 is 0 Å². The number of aromatic nitrogens is 3. The molecule has 0 radical (unpaired) electrons. The molecule has 3 rings (SSSR count). The van der Waals surface area contributed by atoms with E-state index in [4.69, 9.17) is 0 Å². The second-order valence-electron chi connectivity index (χ2n) is 5.86. The topological polar surface area (TPSA) is 51.0 Å². The van der Waals surface area contributed by atoms with Gasteiger partial charge in [0, 0.05) is 18.0 Å². The van der Waals surface area contributed by atoms with Crippen molar-refractivity contribution in [2.24, 2.45) is 0 Å². The average Bonchev–Trinajstić information content (AvgIpc) is 3.12. The molecular weight excluding hydrogens is 296 g/mol. The quantitative estimate of drug-likeness (QED) is 0.870. The third-order valence-corrected chi connectivity index (χ3v) is 5.19. The van der Waals surface area contributed by atoms with Gasteiger partial charge >= 0.3 is 0 Å². The van der Waals surface area contributed by atoms with E-state index in [2.05, 4.69) is 36.2 Å². The van der Waals surface area contributed by atoms with Crippen LogP contribution in [-0.4, -0.2) is 37.9 Å². The summed E-state index contributed by atoms with van der Waals surface area (Å²) in [4.78, 5) is 15.6. The molecule has 0 aliphatic carbocycles. The number of thioether (sulfide) groups is 1. The van der Waals surface area contributed by atoms with E-state index in [1.165, 1.54) is 10.5 Å². The molecule has 0 saturated heterocycles. The Morgan fingerprint density at radius 2 is 2.23 bits per heavy atom. The molecule has 0 saturated carbocycles. The zero-order valence-corrected chi connectivity index (χ0v) is 13.9. The standard InChI is InChI=1S/C16H20N4OS/c1-11(2)20-10-17-18-15(20)9-19(3)16(21)14-8-12-6-4-5-7-13(12)22-14/h4-7,10-11,14H,8-9H2,1-3H3. The minimum Gasteiger partial charge on any atom is -0.337 e. The predicted octanol–water partition coefficient (Wildman–Crippen LogP) is 2.53. The third kappa shape index (κ3) is 2.88. The Kier molecular flexibility index (Phi) is 4.20. The Balaban J connectivity index is 1.67. The Morgan fingerprint density at radius 1 is 1.45 bits per heavy atom. The maximum absolute atomic E-state index is 12.7. The molecule has 6 heteroatoms. The highest BCUT2D eigenvalue weighted by atomic mass is 32.2. The van der Waals surface area contributed by atoms with Gasteiger partial charge in [-0.05, 0) is 31.9 Å². The van der Waals surface area contributed by atoms with Crippen LogP contribution >= 0.6 is 11.8 Å². The van der Waals surface area contributed by atoms with Crippen molar-refractivity contribution in [2.75, 3.05) is 7.05 Å². The molecule has 0 spiro atoms. The number of benzene rings is 1. The molecule has 1 aliphatic rings. The Bertz CT molecular complexity index is 657. The van der Waals surface area contributed by atoms with Gasteiger partial charge in [-0.2, -0.15) is 0 Å². The molecule has 0 fully saturated rings. The fourth-order valence-corrected chi connectivity index (χ4v) is 3.98. The number of hydrogen-bond donors (Lipinski definition) is 0. The molecule has 116 valence electrons. The van der Waals surface area contributed by atoms with Crippen LogP contribution in [0.25, 0.3) is 0 Å². The van der Waals surface area contributed by atoms with Crippen molar-refractivity contribution in [2.45, 2.75) is 43.0 Å². The molecule has 1 aromatic heterocycles. The van der Waals surface area contributed by atoms with E-state index in [1.807, 2.05) is 23.7 Å². The normalized spacial score (nSPS) is 16.8. The van der Waals surface area contributed by atoms with E-state index in [0.29, 0.717) is 12.6 Å². The number of carbonyl (C=O) groups excluding carboxylic acids is 1. The molecule has 22 heavy (non-hydrogen) atoms. The maximum atomic E-state index is 12.7. The molecular formula is C16H20N4OS. The first-order valence-electron chi connectivity index (χ1n) is 7.44. The molecule has 0 bridgehead atoms. The van der Waals surface area contributed by atoms with Crippen LogP contribution in [0.2, 0.25) is 0 Å². The van der Waals surface area contributed by atoms with Crippen LogP contribution in [-0.2, 0) is 17.8 Å². The van der Waals surface area contributed by atoms with Crippen molar-refractivity contribution in [1.29, 1.82) is 0 Å². The SMILES string of the molecule is CC(C)n1cnnc1CN(C)C(=O)C1Cc2ccccc2S1. The summed E-state index contributed by atoms with van der Waals surface area (Å²) >= 11 is 1.66. The van der Waals surface area contributed by atoms with E-state index in [0.717, 1.165) is 12.2 Å². The fourth-order valence-electron chi connectivity index (χ4n) is 2.67. The number of fused-ring (bicyclic) bond motifs is 1. The maximum Gasteiger partial charge on any atom is 0.236 e. The van der Waals surface area contributed by atoms with E-state index in [-0.39, 0.29) is 11.2 Å². The molecule has 1 aromatic carbocycles. The van der Waals surface area contributed by atoms with E-state index in [9.17, 15) is 4.79 Å². The zero-order chi connectivity index (χ0) is 15.7. The smallest absolute Gasteiger partial charge is 0.236 e. The summed E-state index contributed by atoms with van der Waals surface area (Å²) in [6.07, 6.45) is 2.53. The lowest BCUT2D eigenvalue weighted by Crippen LogP contribution is -2.35. The van der Waals surface area contributed by atoms with E-state index < -0.39 is 0 Å². The van der Waals surface area contributed by atoms with Crippen molar-refractivity contribution < 1.29 is 4.79 Å². The van der Waals surface area contributed by atoms with Gasteiger partial charge in [0.15, 0.2) is 5.82 Å². The lowest BCUT2D eigenvalue weighted by atomic mass is 10.1. The van der Waals surface area contributed by atoms with Gasteiger partial charge < -0.3 is 9.47 Å². The summed E-state index contributed by atoms with van der Waals surface area (Å²) in [6.45, 7) is 4.65. The lowest BCUT2D eigenvalue weighted by molar-refractivity contribution is -0.129. The Labute approximate surface area is 134 Å². The highest BCUT2D eigenvalue weighted by molar-refractivity contribution is 8.01. The van der Waals surface area contributed by atoms with E-state index in [1.54, 1.807) is 23.0 Å². The molecule has 5 nitrogen and oxygen atoms in total. The first-order chi connectivity index (χ1) is 10.6. The van der Waals surface area contributed by atoms with Crippen LogP contribution in [0, 0.1) is 0 Å². The molecule has 1 atom stereocenters. The van der Waals surface area contributed by atoms with Crippen LogP contribution in [0.4, 0.5) is 0 Å². The minimum absolute atomic E-state index is 0.0298. The molecule has 1 unspecified atom stereocenters. The molecule has 2 heterocycles. The predicted molar refractivity (Wildman–Crippen MR) is 86.7 cm³/mol. The van der Waals surface area contributed by atoms with Crippen LogP contribution in [0.15, 0.2) is 35.5 Å². The third-order valence-electron chi connectivity index (χ3n) is 3.88. The van der Waals surface area contributed by atoms with Crippen LogP contribution in [0.3, 0.4) is 0 Å². The molecule has 1 aliphatic heterocycles. The Morgan fingerprint density at radius 3 is 2.95 bits per heavy atom. The summed E-state index contributed by atoms with van der Waals surface area (Å²) in [7, 11) is 1.84. The Hall–Kier alpha value is -1.82. The van der Waals surface area contributed by atoms with Crippen molar-refractivity contribution in [1.82, 2.24) is 19.7 Å². The summed E-state index contributed by atoms with van der Waals surface area (Å²) in [5.74, 6) is 0.978. The van der Waals surface area contributed by atoms with Crippen LogP contribution in [0.1, 0.15) is 31.3 Å². The number of amides is 1. The fraction of sp³-hybridized carbons (Fsp3) is 0.438. The van der Waals surface area contributed by atoms with Gasteiger partial charge in [-0.25, -0.2) is 0 Å². The van der Waals surface area contributed by atoms with Gasteiger partial charge in [0.05, 0.1) is 11.8 Å². The highest BCUT2D eigenvalue weighted by Gasteiger charge is 2.30. The van der Waals surface area contributed by atoms with Crippen molar-refractivity contribution in [3.8, 4) is 0 Å². The van der Waals surface area contributed by atoms with Gasteiger partial charge in [-0.15, -0.1) is 22.0 Å². The van der Waals surface area contributed by atoms with Crippen molar-refractivity contribution in [3.05, 3.63) is 42.0 Å². The van der Waals surface area contributed by atoms with Crippen LogP contribution in [0.5, 0.6) is 0 Å². The van der Waals surface area contributed by atoms with Crippen molar-refractivity contribution >= 4 is 17.7 Å². The average molecular weight is 316 g/mol. The summed E-state index contributed by atoms with van der Waals surface area (Å²) in [5, 5.41) is 8.06. The summed E-state index contributed by atoms with van der Waals surface area (Å²) in [6, 6.07) is 8.53. The minimum atomic E-state index is -0.0298. The second kappa shape index (κ2) is 6.12. The molecule has 1 amide bonds. The number of carbonyl (C=O) groups is 1. The number of rotatable bonds is 4. The van der Waals surface area contributed by atoms with Crippen molar-refractivity contribution in [3.63, 3.8) is 0 Å². The lowest BCUT2D eigenvalue weighted by Gasteiger charge is -2.21. The number of nitrogens with zero attached hydrogens (tertiary/aromatic N) is 4. The van der Waals surface area contributed by atoms with Gasteiger partial charge in [0.25, 0.3) is 0 Å². The summed E-state index contributed by atoms with van der Waals surface area (Å²) < 4.78 is 2.00.